The lowest BCUT2D eigenvalue weighted by atomic mass is 9.96. The summed E-state index contributed by atoms with van der Waals surface area (Å²) in [6, 6.07) is 16.7. The minimum Gasteiger partial charge on any atom is -0.379 e. The van der Waals surface area contributed by atoms with Crippen LogP contribution in [0, 0.1) is 0 Å². The number of sulfonamides is 1. The van der Waals surface area contributed by atoms with Crippen molar-refractivity contribution in [2.24, 2.45) is 0 Å². The molecule has 1 saturated carbocycles. The van der Waals surface area contributed by atoms with Crippen LogP contribution < -0.4 is 10.6 Å². The third-order valence-electron chi connectivity index (χ3n) is 5.81. The van der Waals surface area contributed by atoms with Crippen LogP contribution in [-0.2, 0) is 26.7 Å². The zero-order valence-electron chi connectivity index (χ0n) is 16.8. The minimum absolute atomic E-state index is 0.0636. The maximum atomic E-state index is 12.7. The second-order valence-corrected chi connectivity index (χ2v) is 9.78. The molecular weight excluding hydrogens is 402 g/mol. The van der Waals surface area contributed by atoms with Crippen molar-refractivity contribution in [2.45, 2.75) is 29.7 Å². The summed E-state index contributed by atoms with van der Waals surface area (Å²) in [5, 5.41) is 5.81. The van der Waals surface area contributed by atoms with Crippen molar-refractivity contribution in [3.63, 3.8) is 0 Å². The van der Waals surface area contributed by atoms with Crippen molar-refractivity contribution in [2.75, 3.05) is 32.8 Å². The van der Waals surface area contributed by atoms with Gasteiger partial charge in [-0.25, -0.2) is 13.2 Å². The number of benzene rings is 2. The van der Waals surface area contributed by atoms with Crippen molar-refractivity contribution >= 4 is 16.1 Å². The lowest BCUT2D eigenvalue weighted by Crippen LogP contribution is -2.40. The number of carbonyl (C=O) groups excluding carboxylic acids is 1. The lowest BCUT2D eigenvalue weighted by Gasteiger charge is -2.26. The van der Waals surface area contributed by atoms with Gasteiger partial charge in [0, 0.05) is 31.6 Å². The van der Waals surface area contributed by atoms with E-state index in [-0.39, 0.29) is 16.3 Å². The Morgan fingerprint density at radius 1 is 0.967 bits per heavy atom. The maximum absolute atomic E-state index is 12.7. The largest absolute Gasteiger partial charge is 0.379 e. The number of hydrogen-bond donors (Lipinski definition) is 2. The first-order valence-corrected chi connectivity index (χ1v) is 11.7. The second-order valence-electron chi connectivity index (χ2n) is 7.84. The molecule has 0 atom stereocenters. The van der Waals surface area contributed by atoms with Gasteiger partial charge in [-0.3, -0.25) is 0 Å². The number of amides is 2. The molecule has 0 bridgehead atoms. The minimum atomic E-state index is -3.50. The van der Waals surface area contributed by atoms with Gasteiger partial charge in [0.25, 0.3) is 0 Å². The van der Waals surface area contributed by atoms with Gasteiger partial charge in [-0.15, -0.1) is 0 Å². The van der Waals surface area contributed by atoms with E-state index in [0.29, 0.717) is 39.4 Å². The SMILES string of the molecule is O=C(NCc1ccc(S(=O)(=O)N2CCOCC2)cc1)NCC1(c2ccccc2)CC1. The molecule has 2 aromatic rings. The molecule has 8 heteroatoms. The summed E-state index contributed by atoms with van der Waals surface area (Å²) in [4.78, 5) is 12.5. The molecule has 4 rings (SSSR count). The van der Waals surface area contributed by atoms with Crippen LogP contribution in [0.3, 0.4) is 0 Å². The summed E-state index contributed by atoms with van der Waals surface area (Å²) >= 11 is 0. The van der Waals surface area contributed by atoms with Crippen molar-refractivity contribution in [1.82, 2.24) is 14.9 Å². The molecule has 0 radical (unpaired) electrons. The molecule has 0 spiro atoms. The van der Waals surface area contributed by atoms with E-state index in [0.717, 1.165) is 18.4 Å². The van der Waals surface area contributed by atoms with Gasteiger partial charge in [0.15, 0.2) is 0 Å². The highest BCUT2D eigenvalue weighted by atomic mass is 32.2. The van der Waals surface area contributed by atoms with E-state index in [9.17, 15) is 13.2 Å². The van der Waals surface area contributed by atoms with Gasteiger partial charge in [-0.05, 0) is 36.1 Å². The van der Waals surface area contributed by atoms with E-state index >= 15 is 0 Å². The number of rotatable bonds is 7. The Bertz CT molecular complexity index is 967. The fourth-order valence-corrected chi connectivity index (χ4v) is 5.13. The topological polar surface area (TPSA) is 87.7 Å². The zero-order valence-corrected chi connectivity index (χ0v) is 17.7. The highest BCUT2D eigenvalue weighted by molar-refractivity contribution is 7.89. The van der Waals surface area contributed by atoms with Gasteiger partial charge in [0.05, 0.1) is 18.1 Å². The summed E-state index contributed by atoms with van der Waals surface area (Å²) in [6.07, 6.45) is 2.16. The van der Waals surface area contributed by atoms with E-state index in [1.807, 2.05) is 18.2 Å². The zero-order chi connectivity index (χ0) is 21.0. The maximum Gasteiger partial charge on any atom is 0.315 e. The average Bonchev–Trinajstić information content (AvgIpc) is 3.59. The van der Waals surface area contributed by atoms with E-state index in [2.05, 4.69) is 22.8 Å². The number of hydrogen-bond acceptors (Lipinski definition) is 4. The third kappa shape index (κ3) is 4.66. The number of nitrogens with one attached hydrogen (secondary N) is 2. The number of morpholine rings is 1. The van der Waals surface area contributed by atoms with Crippen LogP contribution in [0.25, 0.3) is 0 Å². The van der Waals surface area contributed by atoms with E-state index in [1.165, 1.54) is 9.87 Å². The van der Waals surface area contributed by atoms with Crippen molar-refractivity contribution in [3.05, 3.63) is 65.7 Å². The molecule has 1 aliphatic heterocycles. The number of urea groups is 1. The Morgan fingerprint density at radius 3 is 2.27 bits per heavy atom. The van der Waals surface area contributed by atoms with Gasteiger partial charge in [-0.2, -0.15) is 4.31 Å². The first kappa shape index (κ1) is 20.8. The van der Waals surface area contributed by atoms with Crippen LogP contribution in [0.15, 0.2) is 59.5 Å². The highest BCUT2D eigenvalue weighted by Crippen LogP contribution is 2.47. The standard InChI is InChI=1S/C22H27N3O4S/c26-21(24-17-22(10-11-22)19-4-2-1-3-5-19)23-16-18-6-8-20(9-7-18)30(27,28)25-12-14-29-15-13-25/h1-9H,10-17H2,(H2,23,24,26). The summed E-state index contributed by atoms with van der Waals surface area (Å²) in [5.41, 5.74) is 2.17. The van der Waals surface area contributed by atoms with Crippen LogP contribution >= 0.6 is 0 Å². The van der Waals surface area contributed by atoms with Crippen molar-refractivity contribution in [1.29, 1.82) is 0 Å². The van der Waals surface area contributed by atoms with Crippen LogP contribution in [0.1, 0.15) is 24.0 Å². The fraction of sp³-hybridized carbons (Fsp3) is 0.409. The first-order valence-electron chi connectivity index (χ1n) is 10.2. The molecule has 1 saturated heterocycles. The van der Waals surface area contributed by atoms with E-state index in [4.69, 9.17) is 4.74 Å². The van der Waals surface area contributed by atoms with E-state index in [1.54, 1.807) is 24.3 Å². The fourth-order valence-electron chi connectivity index (χ4n) is 3.72. The Labute approximate surface area is 177 Å². The average molecular weight is 430 g/mol. The normalized spacial score (nSPS) is 18.5. The Hall–Kier alpha value is -2.42. The van der Waals surface area contributed by atoms with Crippen molar-refractivity contribution in [3.8, 4) is 0 Å². The molecule has 1 heterocycles. The predicted octanol–water partition coefficient (Wildman–Crippen LogP) is 2.24. The molecule has 1 aliphatic carbocycles. The molecule has 0 aromatic heterocycles. The smallest absolute Gasteiger partial charge is 0.315 e. The van der Waals surface area contributed by atoms with Gasteiger partial charge < -0.3 is 15.4 Å². The van der Waals surface area contributed by atoms with Crippen LogP contribution in [0.5, 0.6) is 0 Å². The molecule has 30 heavy (non-hydrogen) atoms. The molecule has 2 aromatic carbocycles. The molecule has 7 nitrogen and oxygen atoms in total. The lowest BCUT2D eigenvalue weighted by molar-refractivity contribution is 0.0730. The third-order valence-corrected chi connectivity index (χ3v) is 7.72. The van der Waals surface area contributed by atoms with Crippen LogP contribution in [0.2, 0.25) is 0 Å². The Kier molecular flexibility index (Phi) is 6.08. The summed E-state index contributed by atoms with van der Waals surface area (Å²) in [6.45, 7) is 2.53. The summed E-state index contributed by atoms with van der Waals surface area (Å²) in [7, 11) is -3.50. The second kappa shape index (κ2) is 8.75. The first-order chi connectivity index (χ1) is 14.5. The van der Waals surface area contributed by atoms with Crippen molar-refractivity contribution < 1.29 is 17.9 Å². The van der Waals surface area contributed by atoms with Crippen LogP contribution in [0.4, 0.5) is 4.79 Å². The Balaban J connectivity index is 1.27. The number of ether oxygens (including phenoxy) is 1. The Morgan fingerprint density at radius 2 is 1.63 bits per heavy atom. The molecule has 2 fully saturated rings. The van der Waals surface area contributed by atoms with Gasteiger partial charge in [0.1, 0.15) is 0 Å². The van der Waals surface area contributed by atoms with Gasteiger partial charge >= 0.3 is 6.03 Å². The molecule has 0 unspecified atom stereocenters. The quantitative estimate of drug-likeness (QED) is 0.707. The molecule has 2 aliphatic rings. The molecule has 160 valence electrons. The van der Waals surface area contributed by atoms with Crippen LogP contribution in [-0.4, -0.2) is 51.6 Å². The van der Waals surface area contributed by atoms with E-state index < -0.39 is 10.0 Å². The summed E-state index contributed by atoms with van der Waals surface area (Å²) in [5.74, 6) is 0. The number of carbonyl (C=O) groups is 1. The monoisotopic (exact) mass is 429 g/mol. The van der Waals surface area contributed by atoms with Gasteiger partial charge in [-0.1, -0.05) is 42.5 Å². The molecular formula is C22H27N3O4S. The highest BCUT2D eigenvalue weighted by Gasteiger charge is 2.44. The van der Waals surface area contributed by atoms with Gasteiger partial charge in [0.2, 0.25) is 10.0 Å². The summed E-state index contributed by atoms with van der Waals surface area (Å²) < 4.78 is 32.0. The molecule has 2 amide bonds. The molecule has 2 N–H and O–H groups in total. The number of nitrogens with zero attached hydrogens (tertiary/aromatic N) is 1. The predicted molar refractivity (Wildman–Crippen MR) is 114 cm³/mol.